The van der Waals surface area contributed by atoms with E-state index in [1.807, 2.05) is 14.0 Å². The largest absolute Gasteiger partial charge is 0.396 e. The number of nitrogens with one attached hydrogen (secondary N) is 1. The van der Waals surface area contributed by atoms with E-state index in [1.165, 1.54) is 5.69 Å². The van der Waals surface area contributed by atoms with Gasteiger partial charge in [-0.25, -0.2) is 0 Å². The number of nitrogens with zero attached hydrogens (tertiary/aromatic N) is 3. The maximum atomic E-state index is 12.2. The van der Waals surface area contributed by atoms with E-state index in [0.29, 0.717) is 24.6 Å². The van der Waals surface area contributed by atoms with Crippen molar-refractivity contribution in [1.82, 2.24) is 15.1 Å². The molecule has 3 rings (SSSR count). The van der Waals surface area contributed by atoms with E-state index >= 15 is 0 Å². The first-order valence-electron chi connectivity index (χ1n) is 8.80. The summed E-state index contributed by atoms with van der Waals surface area (Å²) in [5, 5.41) is 16.3. The summed E-state index contributed by atoms with van der Waals surface area (Å²) >= 11 is 0. The molecule has 0 spiro atoms. The molecule has 0 saturated carbocycles. The minimum Gasteiger partial charge on any atom is -0.396 e. The van der Waals surface area contributed by atoms with Gasteiger partial charge in [-0.05, 0) is 43.4 Å². The van der Waals surface area contributed by atoms with Gasteiger partial charge in [-0.3, -0.25) is 9.48 Å². The molecule has 0 aliphatic carbocycles. The Morgan fingerprint density at radius 3 is 2.52 bits per heavy atom. The van der Waals surface area contributed by atoms with Gasteiger partial charge in [0.2, 0.25) is 0 Å². The summed E-state index contributed by atoms with van der Waals surface area (Å²) in [5.41, 5.74) is 3.75. The average molecular weight is 342 g/mol. The quantitative estimate of drug-likeness (QED) is 0.870. The van der Waals surface area contributed by atoms with Gasteiger partial charge in [-0.1, -0.05) is 12.1 Å². The topological polar surface area (TPSA) is 70.4 Å². The molecule has 1 amide bonds. The molecule has 134 valence electrons. The first-order valence-corrected chi connectivity index (χ1v) is 8.80. The Labute approximate surface area is 148 Å². The van der Waals surface area contributed by atoms with Crippen LogP contribution in [-0.4, -0.2) is 40.5 Å². The van der Waals surface area contributed by atoms with Crippen LogP contribution in [0.1, 0.15) is 34.5 Å². The van der Waals surface area contributed by atoms with Crippen molar-refractivity contribution in [2.24, 2.45) is 13.0 Å². The van der Waals surface area contributed by atoms with E-state index in [4.69, 9.17) is 0 Å². The molecule has 1 aromatic carbocycles. The highest BCUT2D eigenvalue weighted by Gasteiger charge is 2.18. The number of hydrogen-bond donors (Lipinski definition) is 2. The Bertz CT molecular complexity index is 716. The molecule has 25 heavy (non-hydrogen) atoms. The van der Waals surface area contributed by atoms with Crippen molar-refractivity contribution in [3.8, 4) is 0 Å². The van der Waals surface area contributed by atoms with Crippen molar-refractivity contribution < 1.29 is 9.90 Å². The third-order valence-electron chi connectivity index (χ3n) is 5.11. The van der Waals surface area contributed by atoms with Crippen LogP contribution >= 0.6 is 0 Å². The van der Waals surface area contributed by atoms with E-state index in [1.54, 1.807) is 10.9 Å². The van der Waals surface area contributed by atoms with Gasteiger partial charge in [0.15, 0.2) is 0 Å². The van der Waals surface area contributed by atoms with Crippen LogP contribution in [0.2, 0.25) is 0 Å². The first-order chi connectivity index (χ1) is 12.1. The highest BCUT2D eigenvalue weighted by atomic mass is 16.3. The molecule has 0 bridgehead atoms. The summed E-state index contributed by atoms with van der Waals surface area (Å²) < 4.78 is 1.70. The van der Waals surface area contributed by atoms with Crippen LogP contribution < -0.4 is 10.2 Å². The first kappa shape index (κ1) is 17.5. The Morgan fingerprint density at radius 1 is 1.28 bits per heavy atom. The molecule has 2 N–H and O–H groups in total. The van der Waals surface area contributed by atoms with Gasteiger partial charge in [-0.2, -0.15) is 5.10 Å². The fourth-order valence-corrected chi connectivity index (χ4v) is 3.20. The lowest BCUT2D eigenvalue weighted by molar-refractivity contribution is 0.0950. The number of anilines is 1. The summed E-state index contributed by atoms with van der Waals surface area (Å²) in [5.74, 6) is 0.349. The summed E-state index contributed by atoms with van der Waals surface area (Å²) in [4.78, 5) is 14.6. The molecule has 1 aromatic heterocycles. The van der Waals surface area contributed by atoms with E-state index in [-0.39, 0.29) is 5.91 Å². The third kappa shape index (κ3) is 4.02. The number of carbonyl (C=O) groups is 1. The van der Waals surface area contributed by atoms with E-state index < -0.39 is 0 Å². The second-order valence-corrected chi connectivity index (χ2v) is 6.73. The lowest BCUT2D eigenvalue weighted by Crippen LogP contribution is -2.34. The van der Waals surface area contributed by atoms with Gasteiger partial charge in [-0.15, -0.1) is 0 Å². The fraction of sp³-hybridized carbons (Fsp3) is 0.474. The van der Waals surface area contributed by atoms with Crippen LogP contribution in [0.15, 0.2) is 30.5 Å². The second-order valence-electron chi connectivity index (χ2n) is 6.73. The molecule has 2 heterocycles. The highest BCUT2D eigenvalue weighted by Crippen LogP contribution is 2.23. The molecule has 0 unspecified atom stereocenters. The zero-order valence-corrected chi connectivity index (χ0v) is 14.9. The number of piperidine rings is 1. The number of benzene rings is 1. The molecule has 0 atom stereocenters. The Morgan fingerprint density at radius 2 is 1.96 bits per heavy atom. The second kappa shape index (κ2) is 7.70. The summed E-state index contributed by atoms with van der Waals surface area (Å²) in [6.45, 7) is 4.66. The van der Waals surface area contributed by atoms with Crippen LogP contribution in [0.25, 0.3) is 0 Å². The zero-order valence-electron chi connectivity index (χ0n) is 14.9. The van der Waals surface area contributed by atoms with Crippen molar-refractivity contribution in [1.29, 1.82) is 0 Å². The van der Waals surface area contributed by atoms with Crippen LogP contribution in [0.5, 0.6) is 0 Å². The molecule has 1 saturated heterocycles. The average Bonchev–Trinajstić information content (AvgIpc) is 2.99. The van der Waals surface area contributed by atoms with Crippen LogP contribution in [-0.2, 0) is 13.6 Å². The van der Waals surface area contributed by atoms with Crippen molar-refractivity contribution in [2.75, 3.05) is 24.6 Å². The molecule has 6 nitrogen and oxygen atoms in total. The Balaban J connectivity index is 1.54. The van der Waals surface area contributed by atoms with E-state index in [9.17, 15) is 9.90 Å². The number of rotatable bonds is 5. The number of aliphatic hydroxyl groups excluding tert-OH is 1. The maximum Gasteiger partial charge on any atom is 0.255 e. The fourth-order valence-electron chi connectivity index (χ4n) is 3.20. The Hall–Kier alpha value is -2.34. The predicted octanol–water partition coefficient (Wildman–Crippen LogP) is 1.87. The summed E-state index contributed by atoms with van der Waals surface area (Å²) in [7, 11) is 1.83. The Kier molecular flexibility index (Phi) is 5.38. The monoisotopic (exact) mass is 342 g/mol. The minimum atomic E-state index is -0.0965. The third-order valence-corrected chi connectivity index (χ3v) is 5.11. The normalized spacial score (nSPS) is 15.4. The van der Waals surface area contributed by atoms with Gasteiger partial charge >= 0.3 is 0 Å². The zero-order chi connectivity index (χ0) is 17.8. The van der Waals surface area contributed by atoms with Crippen LogP contribution in [0.4, 0.5) is 5.69 Å². The van der Waals surface area contributed by atoms with E-state index in [2.05, 4.69) is 39.6 Å². The smallest absolute Gasteiger partial charge is 0.255 e. The summed E-state index contributed by atoms with van der Waals surface area (Å²) in [6.07, 6.45) is 3.68. The summed E-state index contributed by atoms with van der Waals surface area (Å²) in [6, 6.07) is 8.33. The number of carbonyl (C=O) groups excluding carboxylic acids is 1. The van der Waals surface area contributed by atoms with Gasteiger partial charge in [0.25, 0.3) is 5.91 Å². The van der Waals surface area contributed by atoms with Crippen LogP contribution in [0.3, 0.4) is 0 Å². The van der Waals surface area contributed by atoms with Crippen molar-refractivity contribution in [3.63, 3.8) is 0 Å². The van der Waals surface area contributed by atoms with Crippen molar-refractivity contribution >= 4 is 11.6 Å². The molecule has 6 heteroatoms. The number of hydrogen-bond acceptors (Lipinski definition) is 4. The standard InChI is InChI=1S/C19H26N4O2/c1-14-18(12-21-22(14)2)19(25)20-11-15-3-5-17(6-4-15)23-9-7-16(13-24)8-10-23/h3-6,12,16,24H,7-11,13H2,1-2H3,(H,20,25). The number of aromatic nitrogens is 2. The highest BCUT2D eigenvalue weighted by molar-refractivity contribution is 5.94. The molecule has 0 radical (unpaired) electrons. The van der Waals surface area contributed by atoms with E-state index in [0.717, 1.165) is 37.2 Å². The number of aryl methyl sites for hydroxylation is 1. The maximum absolute atomic E-state index is 12.2. The SMILES string of the molecule is Cc1c(C(=O)NCc2ccc(N3CCC(CO)CC3)cc2)cnn1C. The van der Waals surface area contributed by atoms with Gasteiger partial charge in [0, 0.05) is 44.7 Å². The van der Waals surface area contributed by atoms with Crippen molar-refractivity contribution in [3.05, 3.63) is 47.3 Å². The molecular weight excluding hydrogens is 316 g/mol. The predicted molar refractivity (Wildman–Crippen MR) is 97.6 cm³/mol. The van der Waals surface area contributed by atoms with Gasteiger partial charge in [0.1, 0.15) is 0 Å². The van der Waals surface area contributed by atoms with Gasteiger partial charge in [0.05, 0.1) is 11.8 Å². The molecular formula is C19H26N4O2. The van der Waals surface area contributed by atoms with Crippen LogP contribution in [0, 0.1) is 12.8 Å². The lowest BCUT2D eigenvalue weighted by atomic mass is 9.97. The van der Waals surface area contributed by atoms with Crippen molar-refractivity contribution in [2.45, 2.75) is 26.3 Å². The molecule has 1 fully saturated rings. The molecule has 1 aliphatic heterocycles. The number of amides is 1. The number of aliphatic hydroxyl groups is 1. The molecule has 2 aromatic rings. The lowest BCUT2D eigenvalue weighted by Gasteiger charge is -2.33. The van der Waals surface area contributed by atoms with Gasteiger partial charge < -0.3 is 15.3 Å². The minimum absolute atomic E-state index is 0.0965. The molecule has 1 aliphatic rings.